The fourth-order valence-electron chi connectivity index (χ4n) is 2.17. The van der Waals surface area contributed by atoms with E-state index in [0.29, 0.717) is 0 Å². The first kappa shape index (κ1) is 33.0. The van der Waals surface area contributed by atoms with Gasteiger partial charge in [0, 0.05) is 0 Å². The van der Waals surface area contributed by atoms with Gasteiger partial charge in [0.15, 0.2) is 0 Å². The summed E-state index contributed by atoms with van der Waals surface area (Å²) in [7, 11) is 0. The molecule has 0 spiro atoms. The molecule has 0 fully saturated rings. The van der Waals surface area contributed by atoms with Crippen LogP contribution >= 0.6 is 0 Å². The number of hydrogen-bond donors (Lipinski definition) is 4. The van der Waals surface area contributed by atoms with Crippen LogP contribution in [0.4, 0.5) is 0 Å². The summed E-state index contributed by atoms with van der Waals surface area (Å²) in [5.41, 5.74) is -1.24. The Balaban J connectivity index is -0.00000156. The Morgan fingerprint density at radius 3 is 0.929 bits per heavy atom. The van der Waals surface area contributed by atoms with E-state index in [0.717, 1.165) is 24.3 Å². The summed E-state index contributed by atoms with van der Waals surface area (Å²) in [5, 5.41) is 36.2. The summed E-state index contributed by atoms with van der Waals surface area (Å²) >= 11 is 0. The fraction of sp³-hybridized carbons (Fsp3) is 0. The zero-order valence-corrected chi connectivity index (χ0v) is 11.9. The van der Waals surface area contributed by atoms with Crippen molar-refractivity contribution in [2.45, 2.75) is 0 Å². The van der Waals surface area contributed by atoms with Crippen LogP contribution in [0.3, 0.4) is 0 Å². The first-order valence-electron chi connectivity index (χ1n) is 6.44. The van der Waals surface area contributed by atoms with Crippen LogP contribution in [0.25, 0.3) is 11.1 Å². The first-order chi connectivity index (χ1) is 11.2. The Kier molecular flexibility index (Phi) is 16.9. The Hall–Kier alpha value is 0.320. The fourth-order valence-corrected chi connectivity index (χ4v) is 2.17. The van der Waals surface area contributed by atoms with E-state index in [4.69, 9.17) is 20.4 Å². The molecule has 0 aliphatic carbocycles. The van der Waals surface area contributed by atoms with Gasteiger partial charge in [-0.05, 0) is 35.4 Å². The summed E-state index contributed by atoms with van der Waals surface area (Å²) in [6, 6.07) is 6.99. The molecule has 0 saturated heterocycles. The van der Waals surface area contributed by atoms with Crippen molar-refractivity contribution in [1.82, 2.24) is 0 Å². The van der Waals surface area contributed by atoms with Crippen LogP contribution in [0.2, 0.25) is 0 Å². The molecule has 2 rings (SSSR count). The van der Waals surface area contributed by atoms with E-state index in [1.165, 1.54) is 12.1 Å². The number of benzene rings is 2. The van der Waals surface area contributed by atoms with Gasteiger partial charge in [0.25, 0.3) is 0 Å². The Labute approximate surface area is 247 Å². The molecule has 130 valence electrons. The third-order valence-electron chi connectivity index (χ3n) is 3.29. The maximum atomic E-state index is 11.2. The van der Waals surface area contributed by atoms with Crippen molar-refractivity contribution < 1.29 is 39.6 Å². The molecule has 0 amide bonds. The second kappa shape index (κ2) is 14.3. The van der Waals surface area contributed by atoms with Crippen molar-refractivity contribution >= 4 is 142 Å². The van der Waals surface area contributed by atoms with Crippen LogP contribution in [0.15, 0.2) is 36.4 Å². The van der Waals surface area contributed by atoms with E-state index in [9.17, 15) is 19.2 Å². The monoisotopic (exact) mass is 426 g/mol. The Morgan fingerprint density at radius 2 is 0.714 bits per heavy atom. The quantitative estimate of drug-likeness (QED) is 0.470. The van der Waals surface area contributed by atoms with Gasteiger partial charge < -0.3 is 20.4 Å². The molecular weight excluding hydrogens is 412 g/mol. The molecule has 8 nitrogen and oxygen atoms in total. The predicted octanol–water partition coefficient (Wildman–Crippen LogP) is -0.448. The van der Waals surface area contributed by atoms with E-state index < -0.39 is 46.1 Å². The van der Waals surface area contributed by atoms with Crippen LogP contribution in [0.1, 0.15) is 41.4 Å². The second-order valence-corrected chi connectivity index (χ2v) is 4.74. The molecule has 4 N–H and O–H groups in total. The minimum absolute atomic E-state index is 0. The van der Waals surface area contributed by atoms with Gasteiger partial charge in [0.05, 0.1) is 22.3 Å². The van der Waals surface area contributed by atoms with Crippen molar-refractivity contribution in [3.63, 3.8) is 0 Å². The number of aromatic carboxylic acids is 4. The Morgan fingerprint density at radius 1 is 0.464 bits per heavy atom. The molecule has 0 aliphatic heterocycles. The number of rotatable bonds is 5. The van der Waals surface area contributed by atoms with Gasteiger partial charge in [0.2, 0.25) is 0 Å². The second-order valence-electron chi connectivity index (χ2n) is 4.74. The maximum absolute atomic E-state index is 11.2. The molecule has 12 heteroatoms. The van der Waals surface area contributed by atoms with E-state index >= 15 is 0 Å². The van der Waals surface area contributed by atoms with Crippen LogP contribution in [-0.2, 0) is 0 Å². The summed E-state index contributed by atoms with van der Waals surface area (Å²) in [5.74, 6) is -5.72. The summed E-state index contributed by atoms with van der Waals surface area (Å²) in [6.07, 6.45) is 0. The molecule has 0 unspecified atom stereocenters. The number of hydrogen-bond acceptors (Lipinski definition) is 4. The molecule has 0 aliphatic rings. The first-order valence-corrected chi connectivity index (χ1v) is 6.44. The van der Waals surface area contributed by atoms with Crippen molar-refractivity contribution in [2.75, 3.05) is 0 Å². The van der Waals surface area contributed by atoms with Crippen molar-refractivity contribution in [1.29, 1.82) is 0 Å². The molecular formula is C16H14Na4O8. The molecule has 0 radical (unpaired) electrons. The topological polar surface area (TPSA) is 149 Å². The molecule has 2 aromatic carbocycles. The van der Waals surface area contributed by atoms with Crippen LogP contribution in [-0.4, -0.2) is 163 Å². The normalized spacial score (nSPS) is 8.71. The zero-order valence-electron chi connectivity index (χ0n) is 11.9. The zero-order chi connectivity index (χ0) is 18.0. The molecule has 28 heavy (non-hydrogen) atoms. The average Bonchev–Trinajstić information content (AvgIpc) is 2.53. The van der Waals surface area contributed by atoms with E-state index in [-0.39, 0.29) is 129 Å². The van der Waals surface area contributed by atoms with E-state index in [1.54, 1.807) is 0 Å². The van der Waals surface area contributed by atoms with Gasteiger partial charge in [-0.25, -0.2) is 19.2 Å². The van der Waals surface area contributed by atoms with Gasteiger partial charge in [-0.15, -0.1) is 0 Å². The molecule has 0 bridgehead atoms. The molecule has 0 atom stereocenters. The van der Waals surface area contributed by atoms with E-state index in [1.807, 2.05) is 0 Å². The van der Waals surface area contributed by atoms with Crippen LogP contribution < -0.4 is 0 Å². The molecule has 0 heterocycles. The van der Waals surface area contributed by atoms with Gasteiger partial charge >= 0.3 is 142 Å². The molecule has 0 aromatic heterocycles. The van der Waals surface area contributed by atoms with Crippen molar-refractivity contribution in [3.8, 4) is 11.1 Å². The molecule has 2 aromatic rings. The van der Waals surface area contributed by atoms with Gasteiger partial charge in [0.1, 0.15) is 0 Å². The average molecular weight is 426 g/mol. The van der Waals surface area contributed by atoms with Gasteiger partial charge in [-0.1, -0.05) is 12.1 Å². The SMILES string of the molecule is O=C(O)c1ccc(-c2ccc(C(=O)O)c(C(=O)O)c2)cc1C(=O)O.[NaH].[NaH].[NaH].[NaH]. The minimum atomic E-state index is -1.45. The molecule has 0 saturated carbocycles. The van der Waals surface area contributed by atoms with Gasteiger partial charge in [-0.3, -0.25) is 0 Å². The standard InChI is InChI=1S/C16H10O8.4Na.4H/c17-13(18)9-3-1-7(5-11(9)15(21)22)8-2-4-10(14(19)20)12(6-8)16(23)24;;;;;;;;/h1-6H,(H,17,18)(H,19,20)(H,21,22)(H,23,24);;;;;;;;. The number of carboxylic acid groups (broad SMARTS) is 4. The predicted molar refractivity (Wildman–Crippen MR) is 108 cm³/mol. The third-order valence-corrected chi connectivity index (χ3v) is 3.29. The van der Waals surface area contributed by atoms with Crippen molar-refractivity contribution in [2.24, 2.45) is 0 Å². The van der Waals surface area contributed by atoms with Crippen LogP contribution in [0.5, 0.6) is 0 Å². The summed E-state index contributed by atoms with van der Waals surface area (Å²) in [6.45, 7) is 0. The van der Waals surface area contributed by atoms with E-state index in [2.05, 4.69) is 0 Å². The summed E-state index contributed by atoms with van der Waals surface area (Å²) in [4.78, 5) is 44.4. The Bertz CT molecular complexity index is 825. The number of carboxylic acids is 4. The van der Waals surface area contributed by atoms with Crippen LogP contribution in [0, 0.1) is 0 Å². The summed E-state index contributed by atoms with van der Waals surface area (Å²) < 4.78 is 0. The number of carbonyl (C=O) groups is 4. The van der Waals surface area contributed by atoms with Gasteiger partial charge in [-0.2, -0.15) is 0 Å². The third kappa shape index (κ3) is 7.86. The van der Waals surface area contributed by atoms with Crippen molar-refractivity contribution in [3.05, 3.63) is 58.7 Å².